The third kappa shape index (κ3) is 2.54. The van der Waals surface area contributed by atoms with Crippen LogP contribution < -0.4 is 5.73 Å². The number of fused-ring (bicyclic) bond motifs is 1. The molecule has 20 heavy (non-hydrogen) atoms. The minimum atomic E-state index is -0.593. The second kappa shape index (κ2) is 5.40. The molecule has 1 aromatic heterocycles. The molecule has 0 fully saturated rings. The van der Waals surface area contributed by atoms with Crippen LogP contribution in [0.2, 0.25) is 0 Å². The predicted molar refractivity (Wildman–Crippen MR) is 75.1 cm³/mol. The van der Waals surface area contributed by atoms with Crippen molar-refractivity contribution in [2.24, 2.45) is 5.73 Å². The van der Waals surface area contributed by atoms with E-state index in [1.807, 2.05) is 18.2 Å². The maximum atomic E-state index is 8.96. The summed E-state index contributed by atoms with van der Waals surface area (Å²) in [4.78, 5) is 4.19. The van der Waals surface area contributed by atoms with Gasteiger partial charge in [-0.3, -0.25) is 0 Å². The summed E-state index contributed by atoms with van der Waals surface area (Å²) in [7, 11) is 0. The first-order chi connectivity index (χ1) is 9.76. The summed E-state index contributed by atoms with van der Waals surface area (Å²) in [5.41, 5.74) is 6.73. The van der Waals surface area contributed by atoms with E-state index in [9.17, 15) is 0 Å². The number of benzene rings is 2. The van der Waals surface area contributed by atoms with Crippen LogP contribution in [0.25, 0.3) is 10.8 Å². The summed E-state index contributed by atoms with van der Waals surface area (Å²) < 4.78 is 5.15. The van der Waals surface area contributed by atoms with Gasteiger partial charge in [0.15, 0.2) is 5.82 Å². The molecule has 0 aliphatic heterocycles. The minimum absolute atomic E-state index is 0.199. The van der Waals surface area contributed by atoms with Crippen LogP contribution in [-0.2, 0) is 6.42 Å². The van der Waals surface area contributed by atoms with Gasteiger partial charge >= 0.3 is 0 Å². The van der Waals surface area contributed by atoms with Gasteiger partial charge in [-0.25, -0.2) is 0 Å². The molecule has 1 heterocycles. The molecule has 5 heteroatoms. The lowest BCUT2D eigenvalue weighted by Gasteiger charge is -2.01. The average molecular weight is 269 g/mol. The van der Waals surface area contributed by atoms with Crippen LogP contribution in [0.3, 0.4) is 0 Å². The van der Waals surface area contributed by atoms with Crippen molar-refractivity contribution in [3.05, 3.63) is 59.7 Å². The number of aliphatic hydroxyl groups excluding tert-OH is 1. The Morgan fingerprint density at radius 2 is 1.95 bits per heavy atom. The van der Waals surface area contributed by atoms with Gasteiger partial charge in [0.25, 0.3) is 0 Å². The number of hydrogen-bond acceptors (Lipinski definition) is 5. The van der Waals surface area contributed by atoms with Gasteiger partial charge in [-0.1, -0.05) is 47.6 Å². The van der Waals surface area contributed by atoms with E-state index >= 15 is 0 Å². The highest BCUT2D eigenvalue weighted by atomic mass is 16.5. The maximum absolute atomic E-state index is 8.96. The van der Waals surface area contributed by atoms with Crippen LogP contribution in [-0.4, -0.2) is 21.9 Å². The first kappa shape index (κ1) is 12.8. The van der Waals surface area contributed by atoms with E-state index in [-0.39, 0.29) is 6.61 Å². The molecule has 0 radical (unpaired) electrons. The van der Waals surface area contributed by atoms with E-state index in [0.29, 0.717) is 18.1 Å². The topological polar surface area (TPSA) is 85.2 Å². The van der Waals surface area contributed by atoms with Gasteiger partial charge in [0.1, 0.15) is 0 Å². The van der Waals surface area contributed by atoms with Crippen LogP contribution in [0.1, 0.15) is 23.3 Å². The van der Waals surface area contributed by atoms with E-state index in [2.05, 4.69) is 34.4 Å². The quantitative estimate of drug-likeness (QED) is 0.754. The SMILES string of the molecule is NC(CO)c1noc(Cc2ccc3ccccc3c2)n1. The highest BCUT2D eigenvalue weighted by molar-refractivity contribution is 5.83. The molecule has 0 aliphatic rings. The summed E-state index contributed by atoms with van der Waals surface area (Å²) in [6, 6.07) is 13.8. The molecular formula is C15H15N3O2. The average Bonchev–Trinajstić information content (AvgIpc) is 2.95. The molecule has 102 valence electrons. The summed E-state index contributed by atoms with van der Waals surface area (Å²) in [5, 5.41) is 15.1. The maximum Gasteiger partial charge on any atom is 0.231 e. The highest BCUT2D eigenvalue weighted by Crippen LogP contribution is 2.18. The van der Waals surface area contributed by atoms with Crippen molar-refractivity contribution in [1.29, 1.82) is 0 Å². The monoisotopic (exact) mass is 269 g/mol. The van der Waals surface area contributed by atoms with Crippen molar-refractivity contribution in [1.82, 2.24) is 10.1 Å². The lowest BCUT2D eigenvalue weighted by atomic mass is 10.1. The van der Waals surface area contributed by atoms with Crippen LogP contribution in [0.15, 0.2) is 47.0 Å². The molecule has 0 spiro atoms. The Bertz CT molecular complexity index is 724. The Morgan fingerprint density at radius 1 is 1.15 bits per heavy atom. The fourth-order valence-electron chi connectivity index (χ4n) is 2.10. The second-order valence-corrected chi connectivity index (χ2v) is 4.69. The number of aromatic nitrogens is 2. The fourth-order valence-corrected chi connectivity index (χ4v) is 2.10. The van der Waals surface area contributed by atoms with Gasteiger partial charge in [0.2, 0.25) is 5.89 Å². The van der Waals surface area contributed by atoms with E-state index in [1.54, 1.807) is 0 Å². The van der Waals surface area contributed by atoms with Crippen LogP contribution >= 0.6 is 0 Å². The predicted octanol–water partition coefficient (Wildman–Crippen LogP) is 1.81. The zero-order valence-electron chi connectivity index (χ0n) is 10.9. The molecule has 3 N–H and O–H groups in total. The normalized spacial score (nSPS) is 12.7. The standard InChI is InChI=1S/C15H15N3O2/c16-13(9-19)15-17-14(20-18-15)8-10-5-6-11-3-1-2-4-12(11)7-10/h1-7,13,19H,8-9,16H2. The van der Waals surface area contributed by atoms with Crippen LogP contribution in [0.4, 0.5) is 0 Å². The number of aliphatic hydroxyl groups is 1. The molecule has 1 unspecified atom stereocenters. The van der Waals surface area contributed by atoms with E-state index in [4.69, 9.17) is 15.4 Å². The second-order valence-electron chi connectivity index (χ2n) is 4.69. The number of nitrogens with zero attached hydrogens (tertiary/aromatic N) is 2. The van der Waals surface area contributed by atoms with E-state index in [1.165, 1.54) is 10.8 Å². The number of nitrogens with two attached hydrogens (primary N) is 1. The number of hydrogen-bond donors (Lipinski definition) is 2. The van der Waals surface area contributed by atoms with E-state index < -0.39 is 6.04 Å². The molecule has 0 bridgehead atoms. The largest absolute Gasteiger partial charge is 0.394 e. The third-order valence-electron chi connectivity index (χ3n) is 3.18. The van der Waals surface area contributed by atoms with Crippen molar-refractivity contribution >= 4 is 10.8 Å². The molecule has 0 saturated heterocycles. The molecular weight excluding hydrogens is 254 g/mol. The molecule has 0 saturated carbocycles. The lowest BCUT2D eigenvalue weighted by Crippen LogP contribution is -2.16. The molecule has 5 nitrogen and oxygen atoms in total. The fraction of sp³-hybridized carbons (Fsp3) is 0.200. The van der Waals surface area contributed by atoms with Crippen molar-refractivity contribution in [2.75, 3.05) is 6.61 Å². The van der Waals surface area contributed by atoms with Gasteiger partial charge in [0.05, 0.1) is 19.1 Å². The molecule has 3 rings (SSSR count). The van der Waals surface area contributed by atoms with Crippen molar-refractivity contribution in [2.45, 2.75) is 12.5 Å². The Morgan fingerprint density at radius 3 is 2.75 bits per heavy atom. The summed E-state index contributed by atoms with van der Waals surface area (Å²) in [6.07, 6.45) is 0.552. The van der Waals surface area contributed by atoms with Crippen LogP contribution in [0, 0.1) is 0 Å². The van der Waals surface area contributed by atoms with Crippen molar-refractivity contribution in [3.63, 3.8) is 0 Å². The zero-order valence-corrected chi connectivity index (χ0v) is 10.9. The van der Waals surface area contributed by atoms with Gasteiger partial charge in [0, 0.05) is 0 Å². The lowest BCUT2D eigenvalue weighted by molar-refractivity contribution is 0.259. The molecule has 1 atom stereocenters. The van der Waals surface area contributed by atoms with Crippen molar-refractivity contribution < 1.29 is 9.63 Å². The van der Waals surface area contributed by atoms with Gasteiger partial charge in [-0.05, 0) is 16.3 Å². The van der Waals surface area contributed by atoms with Gasteiger partial charge in [-0.2, -0.15) is 4.98 Å². The molecule has 0 aliphatic carbocycles. The summed E-state index contributed by atoms with van der Waals surface area (Å²) in [5.74, 6) is 0.836. The van der Waals surface area contributed by atoms with Crippen LogP contribution in [0.5, 0.6) is 0 Å². The highest BCUT2D eigenvalue weighted by Gasteiger charge is 2.13. The summed E-state index contributed by atoms with van der Waals surface area (Å²) in [6.45, 7) is -0.199. The summed E-state index contributed by atoms with van der Waals surface area (Å²) >= 11 is 0. The Kier molecular flexibility index (Phi) is 3.45. The minimum Gasteiger partial charge on any atom is -0.394 e. The van der Waals surface area contributed by atoms with Gasteiger partial charge in [-0.15, -0.1) is 0 Å². The first-order valence-electron chi connectivity index (χ1n) is 6.43. The molecule has 3 aromatic rings. The van der Waals surface area contributed by atoms with Crippen molar-refractivity contribution in [3.8, 4) is 0 Å². The van der Waals surface area contributed by atoms with E-state index in [0.717, 1.165) is 5.56 Å². The Balaban J connectivity index is 1.83. The van der Waals surface area contributed by atoms with Gasteiger partial charge < -0.3 is 15.4 Å². The Hall–Kier alpha value is -2.24. The first-order valence-corrected chi connectivity index (χ1v) is 6.43. The Labute approximate surface area is 116 Å². The molecule has 0 amide bonds. The number of rotatable bonds is 4. The smallest absolute Gasteiger partial charge is 0.231 e. The molecule has 2 aromatic carbocycles. The zero-order chi connectivity index (χ0) is 13.9. The third-order valence-corrected chi connectivity index (χ3v) is 3.18.